The third-order valence-electron chi connectivity index (χ3n) is 4.33. The highest BCUT2D eigenvalue weighted by atomic mass is 35.5. The second kappa shape index (κ2) is 7.52. The Morgan fingerprint density at radius 3 is 2.35 bits per heavy atom. The van der Waals surface area contributed by atoms with Gasteiger partial charge in [0, 0.05) is 21.1 Å². The number of rotatable bonds is 4. The van der Waals surface area contributed by atoms with Gasteiger partial charge in [0.15, 0.2) is 0 Å². The molecule has 1 aliphatic heterocycles. The van der Waals surface area contributed by atoms with E-state index in [0.717, 1.165) is 11.3 Å². The van der Waals surface area contributed by atoms with Gasteiger partial charge < -0.3 is 5.32 Å². The van der Waals surface area contributed by atoms with Crippen molar-refractivity contribution in [1.29, 1.82) is 0 Å². The first kappa shape index (κ1) is 18.5. The van der Waals surface area contributed by atoms with Crippen LogP contribution in [0, 0.1) is 5.41 Å². The molecule has 3 rings (SSSR count). The molecule has 2 aromatic carbocycles. The maximum absolute atomic E-state index is 12.7. The zero-order chi connectivity index (χ0) is 18.7. The molecule has 2 amide bonds. The highest BCUT2D eigenvalue weighted by Gasteiger charge is 2.40. The Morgan fingerprint density at radius 1 is 1.19 bits per heavy atom. The normalized spacial score (nSPS) is 19.2. The molecule has 0 bridgehead atoms. The predicted octanol–water partition coefficient (Wildman–Crippen LogP) is 5.83. The van der Waals surface area contributed by atoms with Crippen molar-refractivity contribution in [2.45, 2.75) is 13.3 Å². The van der Waals surface area contributed by atoms with Crippen molar-refractivity contribution in [1.82, 2.24) is 5.01 Å². The van der Waals surface area contributed by atoms with Crippen LogP contribution >= 0.6 is 23.2 Å². The van der Waals surface area contributed by atoms with Crippen LogP contribution < -0.4 is 5.32 Å². The maximum Gasteiger partial charge on any atom is 0.342 e. The molecule has 0 saturated carbocycles. The summed E-state index contributed by atoms with van der Waals surface area (Å²) >= 11 is 11.9. The van der Waals surface area contributed by atoms with Crippen LogP contribution in [0.15, 0.2) is 66.3 Å². The van der Waals surface area contributed by atoms with Gasteiger partial charge in [0.05, 0.1) is 12.3 Å². The highest BCUT2D eigenvalue weighted by Crippen LogP contribution is 2.35. The first-order valence-corrected chi connectivity index (χ1v) is 8.97. The molecule has 2 aromatic rings. The molecule has 1 unspecified atom stereocenters. The molecule has 1 heterocycles. The lowest BCUT2D eigenvalue weighted by molar-refractivity contribution is 0.208. The first-order chi connectivity index (χ1) is 12.4. The number of allylic oxidation sites excluding steroid dienone is 1. The number of halogens is 2. The van der Waals surface area contributed by atoms with E-state index in [4.69, 9.17) is 23.2 Å². The molecular formula is C20H19Cl2N3O. The summed E-state index contributed by atoms with van der Waals surface area (Å²) in [7, 11) is 0. The molecule has 1 N–H and O–H groups in total. The van der Waals surface area contributed by atoms with Gasteiger partial charge in [-0.3, -0.25) is 0 Å². The van der Waals surface area contributed by atoms with Crippen LogP contribution in [0.4, 0.5) is 10.5 Å². The second-order valence-electron chi connectivity index (χ2n) is 6.50. The highest BCUT2D eigenvalue weighted by molar-refractivity contribution is 6.31. The smallest absolute Gasteiger partial charge is 0.306 e. The van der Waals surface area contributed by atoms with Crippen LogP contribution in [0.25, 0.3) is 0 Å². The Kier molecular flexibility index (Phi) is 5.35. The largest absolute Gasteiger partial charge is 0.342 e. The van der Waals surface area contributed by atoms with Gasteiger partial charge in [-0.2, -0.15) is 5.10 Å². The summed E-state index contributed by atoms with van der Waals surface area (Å²) in [4.78, 5) is 12.7. The Labute approximate surface area is 163 Å². The lowest BCUT2D eigenvalue weighted by Gasteiger charge is -2.24. The SMILES string of the molecule is C=CCC1(C)CN(C(=O)Nc2ccc(Cl)cc2)N=C1c1ccc(Cl)cc1. The lowest BCUT2D eigenvalue weighted by atomic mass is 9.79. The van der Waals surface area contributed by atoms with Crippen molar-refractivity contribution in [2.24, 2.45) is 10.5 Å². The number of nitrogens with one attached hydrogen (secondary N) is 1. The number of urea groups is 1. The number of hydrazone groups is 1. The summed E-state index contributed by atoms with van der Waals surface area (Å²) in [5.74, 6) is 0. The third-order valence-corrected chi connectivity index (χ3v) is 4.84. The van der Waals surface area contributed by atoms with Gasteiger partial charge >= 0.3 is 6.03 Å². The topological polar surface area (TPSA) is 44.7 Å². The molecule has 0 radical (unpaired) electrons. The fourth-order valence-corrected chi connectivity index (χ4v) is 3.27. The number of carbonyl (C=O) groups is 1. The summed E-state index contributed by atoms with van der Waals surface area (Å²) in [6.45, 7) is 6.40. The van der Waals surface area contributed by atoms with E-state index in [0.29, 0.717) is 28.7 Å². The van der Waals surface area contributed by atoms with Crippen LogP contribution in [0.5, 0.6) is 0 Å². The Hall–Kier alpha value is -2.30. The van der Waals surface area contributed by atoms with Crippen LogP contribution in [-0.4, -0.2) is 23.3 Å². The zero-order valence-electron chi connectivity index (χ0n) is 14.4. The Balaban J connectivity index is 1.86. The van der Waals surface area contributed by atoms with Crippen molar-refractivity contribution in [2.75, 3.05) is 11.9 Å². The molecule has 0 spiro atoms. The molecule has 1 aliphatic rings. The fourth-order valence-electron chi connectivity index (χ4n) is 3.01. The standard InChI is InChI=1S/C20H19Cl2N3O/c1-3-12-20(2)13-25(19(26)23-17-10-8-16(22)9-11-17)24-18(20)14-4-6-15(21)7-5-14/h3-11H,1,12-13H2,2H3,(H,23,26). The number of anilines is 1. The van der Waals surface area contributed by atoms with E-state index in [9.17, 15) is 4.79 Å². The molecule has 6 heteroatoms. The van der Waals surface area contributed by atoms with Gasteiger partial charge in [0.1, 0.15) is 0 Å². The van der Waals surface area contributed by atoms with Crippen LogP contribution in [-0.2, 0) is 0 Å². The lowest BCUT2D eigenvalue weighted by Crippen LogP contribution is -2.35. The Bertz CT molecular complexity index is 846. The number of nitrogens with zero attached hydrogens (tertiary/aromatic N) is 2. The number of hydrogen-bond acceptors (Lipinski definition) is 2. The Morgan fingerprint density at radius 2 is 1.77 bits per heavy atom. The number of amides is 2. The monoisotopic (exact) mass is 387 g/mol. The van der Waals surface area contributed by atoms with E-state index in [1.807, 2.05) is 30.3 Å². The van der Waals surface area contributed by atoms with Crippen LogP contribution in [0.2, 0.25) is 10.0 Å². The molecule has 0 fully saturated rings. The summed E-state index contributed by atoms with van der Waals surface area (Å²) in [5.41, 5.74) is 2.15. The molecule has 134 valence electrons. The molecule has 4 nitrogen and oxygen atoms in total. The third kappa shape index (κ3) is 3.92. The van der Waals surface area contributed by atoms with Crippen LogP contribution in [0.3, 0.4) is 0 Å². The average molecular weight is 388 g/mol. The van der Waals surface area contributed by atoms with Gasteiger partial charge in [0.25, 0.3) is 0 Å². The molecule has 0 saturated heterocycles. The van der Waals surface area contributed by atoms with Gasteiger partial charge in [-0.25, -0.2) is 9.80 Å². The number of hydrogen-bond donors (Lipinski definition) is 1. The summed E-state index contributed by atoms with van der Waals surface area (Å²) in [5, 5.41) is 10.2. The van der Waals surface area contributed by atoms with E-state index in [1.165, 1.54) is 5.01 Å². The molecule has 26 heavy (non-hydrogen) atoms. The van der Waals surface area contributed by atoms with Gasteiger partial charge in [-0.15, -0.1) is 6.58 Å². The van der Waals surface area contributed by atoms with Crippen molar-refractivity contribution >= 4 is 40.6 Å². The predicted molar refractivity (Wildman–Crippen MR) is 108 cm³/mol. The zero-order valence-corrected chi connectivity index (χ0v) is 15.9. The van der Waals surface area contributed by atoms with E-state index in [-0.39, 0.29) is 11.4 Å². The van der Waals surface area contributed by atoms with E-state index < -0.39 is 0 Å². The van der Waals surface area contributed by atoms with Crippen molar-refractivity contribution in [3.8, 4) is 0 Å². The summed E-state index contributed by atoms with van der Waals surface area (Å²) in [6.07, 6.45) is 2.56. The van der Waals surface area contributed by atoms with Crippen molar-refractivity contribution < 1.29 is 4.79 Å². The summed E-state index contributed by atoms with van der Waals surface area (Å²) < 4.78 is 0. The van der Waals surface area contributed by atoms with Crippen LogP contribution in [0.1, 0.15) is 18.9 Å². The quantitative estimate of drug-likeness (QED) is 0.659. The minimum atomic E-state index is -0.313. The van der Waals surface area contributed by atoms with E-state index >= 15 is 0 Å². The molecule has 1 atom stereocenters. The first-order valence-electron chi connectivity index (χ1n) is 8.21. The average Bonchev–Trinajstić information content (AvgIpc) is 2.95. The van der Waals surface area contributed by atoms with Gasteiger partial charge in [0.2, 0.25) is 0 Å². The van der Waals surface area contributed by atoms with Gasteiger partial charge in [-0.05, 0) is 48.4 Å². The molecule has 0 aliphatic carbocycles. The van der Waals surface area contributed by atoms with Gasteiger partial charge in [-0.1, -0.05) is 48.3 Å². The van der Waals surface area contributed by atoms with Crippen molar-refractivity contribution in [3.63, 3.8) is 0 Å². The van der Waals surface area contributed by atoms with E-state index in [1.54, 1.807) is 24.3 Å². The number of carbonyl (C=O) groups excluding carboxylic acids is 1. The van der Waals surface area contributed by atoms with E-state index in [2.05, 4.69) is 23.9 Å². The maximum atomic E-state index is 12.7. The minimum absolute atomic E-state index is 0.286. The summed E-state index contributed by atoms with van der Waals surface area (Å²) in [6, 6.07) is 14.2. The second-order valence-corrected chi connectivity index (χ2v) is 7.38. The number of benzene rings is 2. The minimum Gasteiger partial charge on any atom is -0.306 e. The molecule has 0 aromatic heterocycles. The fraction of sp³-hybridized carbons (Fsp3) is 0.200. The van der Waals surface area contributed by atoms with Crippen molar-refractivity contribution in [3.05, 3.63) is 76.8 Å². The molecular weight excluding hydrogens is 369 g/mol.